The van der Waals surface area contributed by atoms with Crippen molar-refractivity contribution in [1.82, 2.24) is 0 Å². The quantitative estimate of drug-likeness (QED) is 0.576. The van der Waals surface area contributed by atoms with Crippen molar-refractivity contribution in [3.63, 3.8) is 0 Å². The predicted octanol–water partition coefficient (Wildman–Crippen LogP) is 3.44. The number of hydrogen-bond donors (Lipinski definition) is 0. The van der Waals surface area contributed by atoms with Crippen molar-refractivity contribution in [3.8, 4) is 0 Å². The molecule has 0 unspecified atom stereocenters. The number of unbranched alkanes of at least 4 members (excludes halogenated alkanes) is 2. The number of rotatable bonds is 5. The summed E-state index contributed by atoms with van der Waals surface area (Å²) in [5, 5.41) is 0. The second kappa shape index (κ2) is 7.28. The Hall–Kier alpha value is -0.0405. The van der Waals surface area contributed by atoms with Gasteiger partial charge in [0.25, 0.3) is 0 Å². The van der Waals surface area contributed by atoms with E-state index in [0.29, 0.717) is 15.0 Å². The first-order valence-electron chi connectivity index (χ1n) is 4.91. The summed E-state index contributed by atoms with van der Waals surface area (Å²) >= 11 is 4.09. The van der Waals surface area contributed by atoms with E-state index < -0.39 is 0 Å². The molecule has 0 aromatic heterocycles. The molecule has 0 saturated carbocycles. The molecule has 0 radical (unpaired) electrons. The van der Waals surface area contributed by atoms with Crippen molar-refractivity contribution < 1.29 is 0 Å². The van der Waals surface area contributed by atoms with Crippen LogP contribution in [0.2, 0.25) is 0 Å². The van der Waals surface area contributed by atoms with Gasteiger partial charge >= 0.3 is 101 Å². The van der Waals surface area contributed by atoms with Crippen LogP contribution in [-0.4, -0.2) is 15.0 Å². The zero-order valence-corrected chi connectivity index (χ0v) is 11.7. The summed E-state index contributed by atoms with van der Waals surface area (Å²) in [7, 11) is 0. The van der Waals surface area contributed by atoms with E-state index in [1.165, 1.54) is 27.1 Å². The molecule has 0 spiro atoms. The molecule has 0 atom stereocenters. The van der Waals surface area contributed by atoms with Crippen molar-refractivity contribution >= 4 is 35.3 Å². The number of hydrogen-bond acceptors (Lipinski definition) is 0. The van der Waals surface area contributed by atoms with E-state index in [2.05, 4.69) is 59.3 Å². The van der Waals surface area contributed by atoms with Gasteiger partial charge in [0.2, 0.25) is 0 Å². The van der Waals surface area contributed by atoms with E-state index in [1.54, 1.807) is 0 Å². The van der Waals surface area contributed by atoms with Crippen LogP contribution in [0.15, 0.2) is 39.8 Å². The van der Waals surface area contributed by atoms with E-state index >= 15 is 0 Å². The fourth-order valence-electron chi connectivity index (χ4n) is 1.06. The molecule has 0 heterocycles. The Morgan fingerprint density at radius 2 is 2.07 bits per heavy atom. The van der Waals surface area contributed by atoms with Crippen LogP contribution in [0, 0.1) is 0 Å². The first kappa shape index (κ1) is 12.0. The molecular weight excluding hydrogens is 303 g/mol. The molecule has 0 N–H and O–H groups in total. The summed E-state index contributed by atoms with van der Waals surface area (Å²) in [4.78, 5) is 0. The van der Waals surface area contributed by atoms with Crippen LogP contribution in [-0.2, 0) is 0 Å². The Bertz CT molecular complexity index is 280. The maximum absolute atomic E-state index is 3.63. The fourth-order valence-corrected chi connectivity index (χ4v) is 3.77. The van der Waals surface area contributed by atoms with E-state index in [0.717, 1.165) is 0 Å². The zero-order chi connectivity index (χ0) is 10.2. The second-order valence-corrected chi connectivity index (χ2v) is 7.44. The van der Waals surface area contributed by atoms with Gasteiger partial charge in [0, 0.05) is 0 Å². The third-order valence-electron chi connectivity index (χ3n) is 1.82. The van der Waals surface area contributed by atoms with Gasteiger partial charge in [-0.2, -0.15) is 0 Å². The van der Waals surface area contributed by atoms with Crippen LogP contribution < -0.4 is 4.46 Å². The summed E-state index contributed by atoms with van der Waals surface area (Å²) < 4.78 is 2.80. The third-order valence-corrected chi connectivity index (χ3v) is 4.81. The molecule has 1 aromatic rings. The first-order valence-corrected chi connectivity index (χ1v) is 7.42. The number of benzene rings is 1. The maximum atomic E-state index is 3.63. The molecule has 0 amide bonds. The minimum absolute atomic E-state index is 0.453. The Labute approximate surface area is 101 Å². The zero-order valence-electron chi connectivity index (χ0n) is 8.37. The minimum atomic E-state index is 0.453. The Balaban J connectivity index is 2.40. The van der Waals surface area contributed by atoms with Gasteiger partial charge in [-0.25, -0.2) is 0 Å². The van der Waals surface area contributed by atoms with E-state index in [1.807, 2.05) is 0 Å². The normalized spacial score (nSPS) is 11.7. The van der Waals surface area contributed by atoms with Crippen LogP contribution in [0.1, 0.15) is 26.2 Å². The first-order chi connectivity index (χ1) is 6.83. The Morgan fingerprint density at radius 3 is 2.71 bits per heavy atom. The van der Waals surface area contributed by atoms with Crippen molar-refractivity contribution in [3.05, 3.63) is 39.8 Å². The fraction of sp³-hybridized carbons (Fsp3) is 0.333. The topological polar surface area (TPSA) is 0 Å². The van der Waals surface area contributed by atoms with Crippen molar-refractivity contribution in [1.29, 1.82) is 0 Å². The van der Waals surface area contributed by atoms with E-state index in [4.69, 9.17) is 0 Å². The van der Waals surface area contributed by atoms with Gasteiger partial charge in [-0.3, -0.25) is 0 Å². The van der Waals surface area contributed by atoms with Crippen LogP contribution >= 0.6 is 15.9 Å². The van der Waals surface area contributed by atoms with Crippen molar-refractivity contribution in [2.75, 3.05) is 0 Å². The molecule has 1 aromatic carbocycles. The molecule has 0 aliphatic carbocycles. The molecule has 1 rings (SSSR count). The van der Waals surface area contributed by atoms with Gasteiger partial charge in [-0.15, -0.1) is 0 Å². The molecule has 14 heavy (non-hydrogen) atoms. The Kier molecular flexibility index (Phi) is 6.25. The molecule has 0 aliphatic heterocycles. The molecule has 0 fully saturated rings. The predicted molar refractivity (Wildman–Crippen MR) is 68.4 cm³/mol. The van der Waals surface area contributed by atoms with Gasteiger partial charge < -0.3 is 0 Å². The van der Waals surface area contributed by atoms with Gasteiger partial charge in [0.05, 0.1) is 0 Å². The summed E-state index contributed by atoms with van der Waals surface area (Å²) in [6.07, 6.45) is 6.08. The van der Waals surface area contributed by atoms with Crippen LogP contribution in [0.25, 0.3) is 0 Å². The SMILES string of the molecule is CCCC/C=C(\Br)[Se]c1ccccc1. The summed E-state index contributed by atoms with van der Waals surface area (Å²) in [5.41, 5.74) is 0. The van der Waals surface area contributed by atoms with Gasteiger partial charge in [-0.05, 0) is 0 Å². The number of allylic oxidation sites excluding steroid dienone is 1. The third kappa shape index (κ3) is 4.99. The van der Waals surface area contributed by atoms with Gasteiger partial charge in [0.15, 0.2) is 0 Å². The number of halogens is 1. The second-order valence-electron chi connectivity index (χ2n) is 3.07. The molecule has 0 nitrogen and oxygen atoms in total. The molecule has 0 saturated heterocycles. The van der Waals surface area contributed by atoms with Gasteiger partial charge in [0.1, 0.15) is 0 Å². The van der Waals surface area contributed by atoms with Crippen LogP contribution in [0.5, 0.6) is 0 Å². The monoisotopic (exact) mass is 318 g/mol. The summed E-state index contributed by atoms with van der Waals surface area (Å²) in [5.74, 6) is 0. The van der Waals surface area contributed by atoms with Crippen LogP contribution in [0.4, 0.5) is 0 Å². The molecule has 76 valence electrons. The Morgan fingerprint density at radius 1 is 1.36 bits per heavy atom. The molecule has 0 aliphatic rings. The van der Waals surface area contributed by atoms with Crippen LogP contribution in [0.3, 0.4) is 0 Å². The van der Waals surface area contributed by atoms with E-state index in [9.17, 15) is 0 Å². The average molecular weight is 318 g/mol. The van der Waals surface area contributed by atoms with Crippen molar-refractivity contribution in [2.24, 2.45) is 0 Å². The standard InChI is InChI=1S/C12H15BrSe/c1-2-3-5-10-12(13)14-11-8-6-4-7-9-11/h4,6-10H,2-3,5H2,1H3/b12-10+. The molecule has 2 heteroatoms. The van der Waals surface area contributed by atoms with Crippen molar-refractivity contribution in [2.45, 2.75) is 26.2 Å². The van der Waals surface area contributed by atoms with Gasteiger partial charge in [-0.1, -0.05) is 0 Å². The molecular formula is C12H15BrSe. The average Bonchev–Trinajstić information content (AvgIpc) is 2.20. The van der Waals surface area contributed by atoms with E-state index in [-0.39, 0.29) is 0 Å². The molecule has 0 bridgehead atoms. The summed E-state index contributed by atoms with van der Waals surface area (Å²) in [6.45, 7) is 2.23. The summed E-state index contributed by atoms with van der Waals surface area (Å²) in [6, 6.07) is 10.6.